The van der Waals surface area contributed by atoms with Crippen molar-refractivity contribution in [1.29, 1.82) is 0 Å². The zero-order valence-electron chi connectivity index (χ0n) is 9.79. The van der Waals surface area contributed by atoms with Crippen molar-refractivity contribution in [2.24, 2.45) is 17.8 Å². The standard InChI is InChI=1S/C11H22N2O2/c1-7-4-12-5-10(7)11(15)13-9(3)8(2)6-14/h7-10,12,14H,4-6H2,1-3H3,(H,13,15). The van der Waals surface area contributed by atoms with E-state index in [4.69, 9.17) is 5.11 Å². The number of rotatable bonds is 4. The maximum Gasteiger partial charge on any atom is 0.224 e. The van der Waals surface area contributed by atoms with Crippen LogP contribution in [-0.4, -0.2) is 36.8 Å². The van der Waals surface area contributed by atoms with Crippen molar-refractivity contribution in [3.63, 3.8) is 0 Å². The molecule has 0 radical (unpaired) electrons. The average molecular weight is 214 g/mol. The van der Waals surface area contributed by atoms with Crippen molar-refractivity contribution < 1.29 is 9.90 Å². The Bertz CT molecular complexity index is 221. The molecule has 3 N–H and O–H groups in total. The Morgan fingerprint density at radius 1 is 1.53 bits per heavy atom. The quantitative estimate of drug-likeness (QED) is 0.616. The molecule has 1 saturated heterocycles. The van der Waals surface area contributed by atoms with Crippen LogP contribution in [0, 0.1) is 17.8 Å². The van der Waals surface area contributed by atoms with E-state index >= 15 is 0 Å². The molecule has 4 heteroatoms. The minimum atomic E-state index is 0.0373. The molecule has 0 spiro atoms. The summed E-state index contributed by atoms with van der Waals surface area (Å²) in [5, 5.41) is 15.1. The van der Waals surface area contributed by atoms with E-state index in [1.807, 2.05) is 13.8 Å². The molecule has 0 aliphatic carbocycles. The Balaban J connectivity index is 2.41. The van der Waals surface area contributed by atoms with Crippen LogP contribution >= 0.6 is 0 Å². The van der Waals surface area contributed by atoms with Crippen molar-refractivity contribution in [3.05, 3.63) is 0 Å². The van der Waals surface area contributed by atoms with E-state index in [0.29, 0.717) is 5.92 Å². The van der Waals surface area contributed by atoms with E-state index in [1.54, 1.807) is 0 Å². The van der Waals surface area contributed by atoms with Gasteiger partial charge < -0.3 is 15.7 Å². The first-order chi connectivity index (χ1) is 7.06. The molecule has 1 fully saturated rings. The lowest BCUT2D eigenvalue weighted by Gasteiger charge is -2.22. The molecule has 0 bridgehead atoms. The number of hydrogen-bond acceptors (Lipinski definition) is 3. The molecular weight excluding hydrogens is 192 g/mol. The van der Waals surface area contributed by atoms with Gasteiger partial charge in [0.2, 0.25) is 5.91 Å². The predicted octanol–water partition coefficient (Wildman–Crippen LogP) is -0.0250. The van der Waals surface area contributed by atoms with Gasteiger partial charge in [-0.05, 0) is 25.3 Å². The first kappa shape index (κ1) is 12.5. The molecule has 0 aromatic heterocycles. The van der Waals surface area contributed by atoms with Crippen molar-refractivity contribution in [3.8, 4) is 0 Å². The first-order valence-corrected chi connectivity index (χ1v) is 5.68. The second-order valence-electron chi connectivity index (χ2n) is 4.70. The van der Waals surface area contributed by atoms with Gasteiger partial charge in [-0.2, -0.15) is 0 Å². The van der Waals surface area contributed by atoms with Crippen molar-refractivity contribution in [1.82, 2.24) is 10.6 Å². The topological polar surface area (TPSA) is 61.4 Å². The van der Waals surface area contributed by atoms with Crippen LogP contribution in [0.1, 0.15) is 20.8 Å². The molecular formula is C11H22N2O2. The van der Waals surface area contributed by atoms with E-state index in [9.17, 15) is 4.79 Å². The van der Waals surface area contributed by atoms with Crippen molar-refractivity contribution in [2.45, 2.75) is 26.8 Å². The minimum absolute atomic E-state index is 0.0373. The van der Waals surface area contributed by atoms with Gasteiger partial charge in [0.15, 0.2) is 0 Å². The van der Waals surface area contributed by atoms with Crippen LogP contribution in [0.3, 0.4) is 0 Å². The summed E-state index contributed by atoms with van der Waals surface area (Å²) >= 11 is 0. The Morgan fingerprint density at radius 2 is 2.20 bits per heavy atom. The summed E-state index contributed by atoms with van der Waals surface area (Å²) in [6.07, 6.45) is 0. The van der Waals surface area contributed by atoms with Gasteiger partial charge in [0.05, 0.1) is 5.92 Å². The van der Waals surface area contributed by atoms with Crippen LogP contribution in [0.25, 0.3) is 0 Å². The van der Waals surface area contributed by atoms with Crippen molar-refractivity contribution in [2.75, 3.05) is 19.7 Å². The van der Waals surface area contributed by atoms with Crippen LogP contribution in [0.15, 0.2) is 0 Å². The van der Waals surface area contributed by atoms with E-state index in [2.05, 4.69) is 17.6 Å². The fourth-order valence-electron chi connectivity index (χ4n) is 1.79. The van der Waals surface area contributed by atoms with Crippen LogP contribution in [0.4, 0.5) is 0 Å². The second kappa shape index (κ2) is 5.47. The monoisotopic (exact) mass is 214 g/mol. The number of carbonyl (C=O) groups excluding carboxylic acids is 1. The molecule has 0 saturated carbocycles. The highest BCUT2D eigenvalue weighted by atomic mass is 16.3. The zero-order valence-corrected chi connectivity index (χ0v) is 9.79. The van der Waals surface area contributed by atoms with Crippen molar-refractivity contribution >= 4 is 5.91 Å². The van der Waals surface area contributed by atoms with E-state index < -0.39 is 0 Å². The highest BCUT2D eigenvalue weighted by Gasteiger charge is 2.30. The number of amides is 1. The van der Waals surface area contributed by atoms with Crippen LogP contribution < -0.4 is 10.6 Å². The maximum atomic E-state index is 11.9. The highest BCUT2D eigenvalue weighted by molar-refractivity contribution is 5.79. The SMILES string of the molecule is CC(CO)C(C)NC(=O)C1CNCC1C. The summed E-state index contributed by atoms with van der Waals surface area (Å²) < 4.78 is 0. The molecule has 88 valence electrons. The number of aliphatic hydroxyl groups is 1. The molecule has 1 aliphatic heterocycles. The van der Waals surface area contributed by atoms with Gasteiger partial charge in [0.1, 0.15) is 0 Å². The predicted molar refractivity (Wildman–Crippen MR) is 59.4 cm³/mol. The highest BCUT2D eigenvalue weighted by Crippen LogP contribution is 2.16. The van der Waals surface area contributed by atoms with E-state index in [0.717, 1.165) is 13.1 Å². The van der Waals surface area contributed by atoms with E-state index in [1.165, 1.54) is 0 Å². The number of hydrogen-bond donors (Lipinski definition) is 3. The Labute approximate surface area is 91.4 Å². The zero-order chi connectivity index (χ0) is 11.4. The lowest BCUT2D eigenvalue weighted by molar-refractivity contribution is -0.126. The number of carbonyl (C=O) groups is 1. The summed E-state index contributed by atoms with van der Waals surface area (Å²) in [6, 6.07) is 0.0373. The molecule has 1 rings (SSSR count). The maximum absolute atomic E-state index is 11.9. The van der Waals surface area contributed by atoms with Gasteiger partial charge >= 0.3 is 0 Å². The summed E-state index contributed by atoms with van der Waals surface area (Å²) in [7, 11) is 0. The third kappa shape index (κ3) is 3.18. The van der Waals surface area contributed by atoms with Crippen LogP contribution in [-0.2, 0) is 4.79 Å². The smallest absolute Gasteiger partial charge is 0.224 e. The third-order valence-electron chi connectivity index (χ3n) is 3.37. The molecule has 1 heterocycles. The molecule has 4 nitrogen and oxygen atoms in total. The largest absolute Gasteiger partial charge is 0.396 e. The van der Waals surface area contributed by atoms with Gasteiger partial charge in [0.25, 0.3) is 0 Å². The summed E-state index contributed by atoms with van der Waals surface area (Å²) in [6.45, 7) is 7.76. The fourth-order valence-corrected chi connectivity index (χ4v) is 1.79. The lowest BCUT2D eigenvalue weighted by atomic mass is 9.96. The molecule has 4 atom stereocenters. The third-order valence-corrected chi connectivity index (χ3v) is 3.37. The Kier molecular flexibility index (Phi) is 4.54. The molecule has 1 amide bonds. The molecule has 0 aromatic rings. The number of aliphatic hydroxyl groups excluding tert-OH is 1. The average Bonchev–Trinajstić information content (AvgIpc) is 2.63. The van der Waals surface area contributed by atoms with E-state index in [-0.39, 0.29) is 30.4 Å². The van der Waals surface area contributed by atoms with Crippen LogP contribution in [0.2, 0.25) is 0 Å². The molecule has 4 unspecified atom stereocenters. The fraction of sp³-hybridized carbons (Fsp3) is 0.909. The Morgan fingerprint density at radius 3 is 2.67 bits per heavy atom. The molecule has 0 aromatic carbocycles. The van der Waals surface area contributed by atoms with Gasteiger partial charge in [-0.1, -0.05) is 13.8 Å². The minimum Gasteiger partial charge on any atom is -0.396 e. The first-order valence-electron chi connectivity index (χ1n) is 5.68. The van der Waals surface area contributed by atoms with Crippen LogP contribution in [0.5, 0.6) is 0 Å². The summed E-state index contributed by atoms with van der Waals surface area (Å²) in [5.41, 5.74) is 0. The molecule has 15 heavy (non-hydrogen) atoms. The second-order valence-corrected chi connectivity index (χ2v) is 4.70. The molecule has 1 aliphatic rings. The normalized spacial score (nSPS) is 29.9. The summed E-state index contributed by atoms with van der Waals surface area (Å²) in [5.74, 6) is 0.707. The lowest BCUT2D eigenvalue weighted by Crippen LogP contribution is -2.43. The summed E-state index contributed by atoms with van der Waals surface area (Å²) in [4.78, 5) is 11.9. The van der Waals surface area contributed by atoms with Gasteiger partial charge in [-0.15, -0.1) is 0 Å². The number of nitrogens with one attached hydrogen (secondary N) is 2. The van der Waals surface area contributed by atoms with Gasteiger partial charge in [0, 0.05) is 19.2 Å². The van der Waals surface area contributed by atoms with Gasteiger partial charge in [-0.25, -0.2) is 0 Å². The Hall–Kier alpha value is -0.610. The van der Waals surface area contributed by atoms with Gasteiger partial charge in [-0.3, -0.25) is 4.79 Å².